The summed E-state index contributed by atoms with van der Waals surface area (Å²) in [5, 5.41) is 7.26. The maximum Gasteiger partial charge on any atom is 0.254 e. The van der Waals surface area contributed by atoms with Gasteiger partial charge < -0.3 is 29.6 Å². The number of aromatic nitrogens is 4. The lowest BCUT2D eigenvalue weighted by atomic mass is 9.97. The summed E-state index contributed by atoms with van der Waals surface area (Å²) in [7, 11) is 3.64. The number of hydrogen-bond acceptors (Lipinski definition) is 8. The summed E-state index contributed by atoms with van der Waals surface area (Å²) in [5.74, 6) is 0.560. The maximum atomic E-state index is 12.8. The fraction of sp³-hybridized carbons (Fsp3) is 0.308. The monoisotopic (exact) mass is 485 g/mol. The van der Waals surface area contributed by atoms with E-state index in [4.69, 9.17) is 9.47 Å². The summed E-state index contributed by atoms with van der Waals surface area (Å²) >= 11 is 0. The number of carbonyl (C=O) groups is 1. The molecular formula is C26H27N7O3. The molecule has 1 amide bonds. The number of morpholine rings is 1. The van der Waals surface area contributed by atoms with Crippen LogP contribution in [0.2, 0.25) is 0 Å². The summed E-state index contributed by atoms with van der Waals surface area (Å²) in [5.41, 5.74) is 5.88. The molecule has 0 unspecified atom stereocenters. The van der Waals surface area contributed by atoms with E-state index in [1.54, 1.807) is 13.4 Å². The van der Waals surface area contributed by atoms with Crippen molar-refractivity contribution in [1.82, 2.24) is 24.8 Å². The van der Waals surface area contributed by atoms with Crippen molar-refractivity contribution in [3.63, 3.8) is 0 Å². The lowest BCUT2D eigenvalue weighted by Gasteiger charge is -2.34. The highest BCUT2D eigenvalue weighted by molar-refractivity contribution is 6.07. The van der Waals surface area contributed by atoms with Crippen molar-refractivity contribution in [3.05, 3.63) is 60.2 Å². The number of carbonyl (C=O) groups excluding carboxylic acids is 1. The Labute approximate surface area is 208 Å². The number of nitrogens with zero attached hydrogens (tertiary/aromatic N) is 5. The highest BCUT2D eigenvalue weighted by Crippen LogP contribution is 2.36. The third kappa shape index (κ3) is 3.94. The number of anilines is 3. The number of rotatable bonds is 6. The van der Waals surface area contributed by atoms with Crippen LogP contribution in [-0.4, -0.2) is 64.9 Å². The number of amides is 1. The first-order chi connectivity index (χ1) is 17.6. The number of benzene rings is 1. The molecule has 10 nitrogen and oxygen atoms in total. The van der Waals surface area contributed by atoms with Gasteiger partial charge in [-0.2, -0.15) is 0 Å². The second kappa shape index (κ2) is 9.21. The van der Waals surface area contributed by atoms with Gasteiger partial charge in [0.25, 0.3) is 5.91 Å². The smallest absolute Gasteiger partial charge is 0.254 e. The van der Waals surface area contributed by atoms with Crippen LogP contribution in [0.25, 0.3) is 22.3 Å². The summed E-state index contributed by atoms with van der Waals surface area (Å²) in [6, 6.07) is 9.90. The van der Waals surface area contributed by atoms with Crippen LogP contribution in [0, 0.1) is 0 Å². The summed E-state index contributed by atoms with van der Waals surface area (Å²) in [6.07, 6.45) is 5.43. The summed E-state index contributed by atoms with van der Waals surface area (Å²) in [6.45, 7) is 3.24. The third-order valence-corrected chi connectivity index (χ3v) is 6.75. The van der Waals surface area contributed by atoms with E-state index in [1.165, 1.54) is 0 Å². The van der Waals surface area contributed by atoms with Gasteiger partial charge in [-0.25, -0.2) is 15.0 Å². The first kappa shape index (κ1) is 22.4. The predicted molar refractivity (Wildman–Crippen MR) is 136 cm³/mol. The largest absolute Gasteiger partial charge is 0.382 e. The quantitative estimate of drug-likeness (QED) is 0.430. The van der Waals surface area contributed by atoms with Crippen LogP contribution in [0.5, 0.6) is 0 Å². The third-order valence-electron chi connectivity index (χ3n) is 6.75. The van der Waals surface area contributed by atoms with Crippen LogP contribution in [0.3, 0.4) is 0 Å². The van der Waals surface area contributed by atoms with Gasteiger partial charge in [0.15, 0.2) is 0 Å². The minimum Gasteiger partial charge on any atom is -0.382 e. The van der Waals surface area contributed by atoms with E-state index in [0.29, 0.717) is 36.8 Å². The summed E-state index contributed by atoms with van der Waals surface area (Å²) in [4.78, 5) is 28.7. The highest BCUT2D eigenvalue weighted by atomic mass is 16.5. The predicted octanol–water partition coefficient (Wildman–Crippen LogP) is 2.87. The van der Waals surface area contributed by atoms with Crippen LogP contribution < -0.4 is 15.5 Å². The van der Waals surface area contributed by atoms with Gasteiger partial charge in [0.2, 0.25) is 0 Å². The van der Waals surface area contributed by atoms with E-state index in [9.17, 15) is 4.79 Å². The van der Waals surface area contributed by atoms with Crippen LogP contribution in [0.15, 0.2) is 49.1 Å². The van der Waals surface area contributed by atoms with Gasteiger partial charge >= 0.3 is 0 Å². The summed E-state index contributed by atoms with van der Waals surface area (Å²) < 4.78 is 12.9. The van der Waals surface area contributed by atoms with Crippen molar-refractivity contribution in [3.8, 4) is 11.3 Å². The van der Waals surface area contributed by atoms with Gasteiger partial charge in [-0.1, -0.05) is 6.07 Å². The van der Waals surface area contributed by atoms with Gasteiger partial charge in [-0.05, 0) is 29.8 Å². The molecule has 2 aliphatic rings. The molecule has 0 radical (unpaired) electrons. The van der Waals surface area contributed by atoms with E-state index < -0.39 is 0 Å². The molecule has 0 bridgehead atoms. The van der Waals surface area contributed by atoms with Gasteiger partial charge in [0, 0.05) is 50.9 Å². The average Bonchev–Trinajstić information content (AvgIpc) is 3.48. The average molecular weight is 486 g/mol. The Balaban J connectivity index is 1.28. The van der Waals surface area contributed by atoms with Crippen LogP contribution in [-0.2, 0) is 23.1 Å². The Hall–Kier alpha value is -4.02. The first-order valence-corrected chi connectivity index (χ1v) is 11.9. The lowest BCUT2D eigenvalue weighted by molar-refractivity contribution is -0.0100. The zero-order valence-corrected chi connectivity index (χ0v) is 20.2. The molecule has 36 heavy (non-hydrogen) atoms. The number of pyridine rings is 1. The van der Waals surface area contributed by atoms with Crippen LogP contribution >= 0.6 is 0 Å². The number of fused-ring (bicyclic) bond motifs is 2. The fourth-order valence-electron chi connectivity index (χ4n) is 4.99. The molecule has 0 spiro atoms. The number of methoxy groups -OCH3 is 1. The maximum absolute atomic E-state index is 12.8. The van der Waals surface area contributed by atoms with Crippen molar-refractivity contribution in [2.24, 2.45) is 7.05 Å². The van der Waals surface area contributed by atoms with Crippen molar-refractivity contribution in [2.75, 3.05) is 43.6 Å². The lowest BCUT2D eigenvalue weighted by Crippen LogP contribution is -2.44. The first-order valence-electron chi connectivity index (χ1n) is 11.9. The molecule has 1 aromatic carbocycles. The van der Waals surface area contributed by atoms with E-state index in [0.717, 1.165) is 46.6 Å². The number of aryl methyl sites for hydroxylation is 1. The van der Waals surface area contributed by atoms with Gasteiger partial charge in [0.05, 0.1) is 48.1 Å². The van der Waals surface area contributed by atoms with E-state index in [1.807, 2.05) is 54.3 Å². The molecule has 6 rings (SSSR count). The SMILES string of the molecule is COC[C@H]1CN(c2ccc(Nc3ccc(-c4ncnc5c4ccn5C)c4c3C(=O)NC4)nc2)CCO1. The molecule has 2 N–H and O–H groups in total. The van der Waals surface area contributed by atoms with E-state index >= 15 is 0 Å². The number of hydrogen-bond donors (Lipinski definition) is 2. The van der Waals surface area contributed by atoms with Crippen LogP contribution in [0.1, 0.15) is 15.9 Å². The molecular weight excluding hydrogens is 458 g/mol. The minimum atomic E-state index is -0.109. The molecule has 0 saturated carbocycles. The minimum absolute atomic E-state index is 0.0492. The second-order valence-corrected chi connectivity index (χ2v) is 9.00. The molecule has 1 atom stereocenters. The zero-order valence-electron chi connectivity index (χ0n) is 20.2. The van der Waals surface area contributed by atoms with Gasteiger partial charge in [0.1, 0.15) is 17.8 Å². The molecule has 1 fully saturated rings. The topological polar surface area (TPSA) is 106 Å². The number of ether oxygens (including phenoxy) is 2. The number of nitrogens with one attached hydrogen (secondary N) is 2. The molecule has 1 saturated heterocycles. The molecule has 184 valence electrons. The fourth-order valence-corrected chi connectivity index (χ4v) is 4.99. The van der Waals surface area contributed by atoms with Crippen molar-refractivity contribution in [2.45, 2.75) is 12.6 Å². The van der Waals surface area contributed by atoms with Crippen molar-refractivity contribution >= 4 is 34.1 Å². The highest BCUT2D eigenvalue weighted by Gasteiger charge is 2.28. The van der Waals surface area contributed by atoms with Crippen molar-refractivity contribution in [1.29, 1.82) is 0 Å². The standard InChI is InChI=1S/C26H27N7O3/c1-32-8-7-19-24(29-15-30-25(19)32)18-4-5-21(23-20(18)12-28-26(23)34)31-22-6-3-16(11-27-22)33-9-10-36-17(13-33)14-35-2/h3-8,11,15,17H,9-10,12-14H2,1-2H3,(H,27,31)(H,28,34)/t17-/m1/s1. The molecule has 2 aliphatic heterocycles. The molecule has 0 aliphatic carbocycles. The molecule has 4 aromatic rings. The molecule has 10 heteroatoms. The Morgan fingerprint density at radius 1 is 1.19 bits per heavy atom. The Kier molecular flexibility index (Phi) is 5.74. The Morgan fingerprint density at radius 2 is 2.11 bits per heavy atom. The van der Waals surface area contributed by atoms with E-state index in [-0.39, 0.29) is 12.0 Å². The zero-order chi connectivity index (χ0) is 24.6. The van der Waals surface area contributed by atoms with Gasteiger partial charge in [-0.15, -0.1) is 0 Å². The molecule has 3 aromatic heterocycles. The van der Waals surface area contributed by atoms with Crippen LogP contribution in [0.4, 0.5) is 17.2 Å². The normalized spacial score (nSPS) is 17.3. The van der Waals surface area contributed by atoms with Gasteiger partial charge in [-0.3, -0.25) is 4.79 Å². The van der Waals surface area contributed by atoms with E-state index in [2.05, 4.69) is 30.5 Å². The Morgan fingerprint density at radius 3 is 2.94 bits per heavy atom. The second-order valence-electron chi connectivity index (χ2n) is 9.00. The Bertz CT molecular complexity index is 1430. The van der Waals surface area contributed by atoms with Crippen molar-refractivity contribution < 1.29 is 14.3 Å². The molecule has 5 heterocycles.